The van der Waals surface area contributed by atoms with Crippen LogP contribution in [0.1, 0.15) is 117 Å². The van der Waals surface area contributed by atoms with E-state index in [1.165, 1.54) is 53.5 Å². The molecule has 236 valence electrons. The molecule has 0 aliphatic heterocycles. The third-order valence-electron chi connectivity index (χ3n) is 7.93. The highest BCUT2D eigenvalue weighted by Crippen LogP contribution is 2.49. The number of allylic oxidation sites excluding steroid dienone is 10. The van der Waals surface area contributed by atoms with Gasteiger partial charge >= 0.3 is 0 Å². The van der Waals surface area contributed by atoms with Gasteiger partial charge in [0.15, 0.2) is 11.5 Å². The minimum absolute atomic E-state index is 0.563. The molecule has 4 heteroatoms. The molecule has 0 bridgehead atoms. The van der Waals surface area contributed by atoms with Crippen LogP contribution in [0.2, 0.25) is 0 Å². The van der Waals surface area contributed by atoms with Crippen LogP contribution in [0.25, 0.3) is 0 Å². The highest BCUT2D eigenvalue weighted by Gasteiger charge is 2.24. The number of hydrogen-bond acceptors (Lipinski definition) is 4. The van der Waals surface area contributed by atoms with Crippen LogP contribution >= 0.6 is 0 Å². The normalized spacial score (nSPS) is 13.5. The van der Waals surface area contributed by atoms with Gasteiger partial charge in [-0.15, -0.1) is 0 Å². The quantitative estimate of drug-likeness (QED) is 0.144. The average Bonchev–Trinajstić information content (AvgIpc) is 2.95. The summed E-state index contributed by atoms with van der Waals surface area (Å²) in [5, 5.41) is 0. The molecule has 1 rings (SSSR count). The van der Waals surface area contributed by atoms with Gasteiger partial charge in [0.25, 0.3) is 0 Å². The molecule has 0 heterocycles. The van der Waals surface area contributed by atoms with E-state index < -0.39 is 0 Å². The van der Waals surface area contributed by atoms with E-state index in [0.29, 0.717) is 23.0 Å². The van der Waals surface area contributed by atoms with Crippen molar-refractivity contribution in [2.45, 2.75) is 119 Å². The van der Waals surface area contributed by atoms with Crippen LogP contribution in [-0.2, 0) is 6.42 Å². The summed E-state index contributed by atoms with van der Waals surface area (Å²) in [7, 11) is 6.57. The third-order valence-corrected chi connectivity index (χ3v) is 7.93. The molecule has 0 atom stereocenters. The Kier molecular flexibility index (Phi) is 18.5. The molecule has 0 saturated carbocycles. The summed E-state index contributed by atoms with van der Waals surface area (Å²) in [5.41, 5.74) is 9.44. The van der Waals surface area contributed by atoms with Crippen molar-refractivity contribution < 1.29 is 18.9 Å². The van der Waals surface area contributed by atoms with Crippen LogP contribution in [0.5, 0.6) is 23.0 Å². The fourth-order valence-electron chi connectivity index (χ4n) is 5.27. The molecule has 0 fully saturated rings. The lowest BCUT2D eigenvalue weighted by Crippen LogP contribution is -2.04. The summed E-state index contributed by atoms with van der Waals surface area (Å²) >= 11 is 0. The SMILES string of the molecule is CCCC(C)=CCCC(C)=CCCC(C)=CCCC(C)=CCCC(C)=CCc1c(C)c(OC)c(OC)c(OC)c1OC. The van der Waals surface area contributed by atoms with Gasteiger partial charge in [-0.3, -0.25) is 0 Å². The molecule has 0 aromatic heterocycles. The molecule has 0 aliphatic carbocycles. The first-order valence-electron chi connectivity index (χ1n) is 15.8. The summed E-state index contributed by atoms with van der Waals surface area (Å²) in [6.45, 7) is 15.6. The smallest absolute Gasteiger partial charge is 0.207 e. The fraction of sp³-hybridized carbons (Fsp3) is 0.579. The maximum atomic E-state index is 5.74. The fourth-order valence-corrected chi connectivity index (χ4v) is 5.27. The monoisotopic (exact) mass is 580 g/mol. The topological polar surface area (TPSA) is 36.9 Å². The lowest BCUT2D eigenvalue weighted by molar-refractivity contribution is 0.302. The predicted molar refractivity (Wildman–Crippen MR) is 182 cm³/mol. The molecule has 0 spiro atoms. The van der Waals surface area contributed by atoms with Crippen molar-refractivity contribution in [3.63, 3.8) is 0 Å². The molecule has 0 unspecified atom stereocenters. The average molecular weight is 581 g/mol. The van der Waals surface area contributed by atoms with E-state index in [0.717, 1.165) is 56.1 Å². The first-order valence-corrected chi connectivity index (χ1v) is 15.8. The second-order valence-electron chi connectivity index (χ2n) is 11.6. The lowest BCUT2D eigenvalue weighted by Gasteiger charge is -2.21. The first-order chi connectivity index (χ1) is 20.1. The van der Waals surface area contributed by atoms with Crippen molar-refractivity contribution in [2.75, 3.05) is 28.4 Å². The predicted octanol–water partition coefficient (Wildman–Crippen LogP) is 11.2. The minimum Gasteiger partial charge on any atom is -0.492 e. The van der Waals surface area contributed by atoms with E-state index in [2.05, 4.69) is 71.9 Å². The van der Waals surface area contributed by atoms with E-state index in [9.17, 15) is 0 Å². The Morgan fingerprint density at radius 3 is 1.17 bits per heavy atom. The molecule has 0 radical (unpaired) electrons. The molecule has 1 aromatic rings. The molecule has 0 saturated heterocycles. The number of hydrogen-bond donors (Lipinski definition) is 0. The third kappa shape index (κ3) is 13.0. The van der Waals surface area contributed by atoms with Crippen LogP contribution in [0.15, 0.2) is 58.2 Å². The minimum atomic E-state index is 0.563. The Morgan fingerprint density at radius 1 is 0.476 bits per heavy atom. The van der Waals surface area contributed by atoms with Crippen LogP contribution in [-0.4, -0.2) is 28.4 Å². The Labute approximate surface area is 258 Å². The van der Waals surface area contributed by atoms with Crippen molar-refractivity contribution >= 4 is 0 Å². The van der Waals surface area contributed by atoms with E-state index >= 15 is 0 Å². The van der Waals surface area contributed by atoms with Gasteiger partial charge in [0.05, 0.1) is 28.4 Å². The maximum absolute atomic E-state index is 5.74. The maximum Gasteiger partial charge on any atom is 0.207 e. The summed E-state index contributed by atoms with van der Waals surface area (Å²) in [6.07, 6.45) is 24.2. The molecule has 4 nitrogen and oxygen atoms in total. The van der Waals surface area contributed by atoms with Crippen molar-refractivity contribution in [3.05, 3.63) is 69.4 Å². The van der Waals surface area contributed by atoms with Gasteiger partial charge in [0.2, 0.25) is 11.5 Å². The molecular formula is C38H60O4. The molecule has 0 N–H and O–H groups in total. The highest BCUT2D eigenvalue weighted by atomic mass is 16.5. The molecule has 42 heavy (non-hydrogen) atoms. The number of benzene rings is 1. The van der Waals surface area contributed by atoms with E-state index in [1.54, 1.807) is 28.4 Å². The Balaban J connectivity index is 2.58. The summed E-state index contributed by atoms with van der Waals surface area (Å²) in [5.74, 6) is 2.52. The van der Waals surface area contributed by atoms with Gasteiger partial charge in [0, 0.05) is 11.1 Å². The van der Waals surface area contributed by atoms with Crippen LogP contribution in [0, 0.1) is 6.92 Å². The van der Waals surface area contributed by atoms with Crippen LogP contribution in [0.4, 0.5) is 0 Å². The Hall–Kier alpha value is -2.88. The van der Waals surface area contributed by atoms with E-state index in [-0.39, 0.29) is 0 Å². The van der Waals surface area contributed by atoms with Gasteiger partial charge in [0.1, 0.15) is 0 Å². The summed E-state index contributed by atoms with van der Waals surface area (Å²) in [6, 6.07) is 0. The van der Waals surface area contributed by atoms with Crippen LogP contribution in [0.3, 0.4) is 0 Å². The van der Waals surface area contributed by atoms with Crippen molar-refractivity contribution in [1.82, 2.24) is 0 Å². The van der Waals surface area contributed by atoms with E-state index in [4.69, 9.17) is 18.9 Å². The highest BCUT2D eigenvalue weighted by molar-refractivity contribution is 5.67. The lowest BCUT2D eigenvalue weighted by atomic mass is 9.99. The second-order valence-corrected chi connectivity index (χ2v) is 11.6. The second kappa shape index (κ2) is 20.9. The number of rotatable bonds is 20. The molecule has 0 amide bonds. The molecular weight excluding hydrogens is 520 g/mol. The Morgan fingerprint density at radius 2 is 0.810 bits per heavy atom. The zero-order chi connectivity index (χ0) is 31.5. The largest absolute Gasteiger partial charge is 0.492 e. The van der Waals surface area contributed by atoms with Gasteiger partial charge in [-0.2, -0.15) is 0 Å². The zero-order valence-corrected chi connectivity index (χ0v) is 28.8. The molecule has 1 aromatic carbocycles. The van der Waals surface area contributed by atoms with Crippen LogP contribution < -0.4 is 18.9 Å². The summed E-state index contributed by atoms with van der Waals surface area (Å²) < 4.78 is 22.6. The standard InChI is InChI=1S/C38H60O4/c1-12-17-28(2)18-13-19-29(3)20-14-21-30(4)22-15-23-31(5)24-16-25-32(6)26-27-34-33(7)35(39-8)37(41-10)38(42-11)36(34)40-9/h18,20,22,24,26H,12-17,19,21,23,25,27H2,1-11H3. The molecule has 0 aliphatic rings. The van der Waals surface area contributed by atoms with Crippen molar-refractivity contribution in [1.29, 1.82) is 0 Å². The van der Waals surface area contributed by atoms with Gasteiger partial charge < -0.3 is 18.9 Å². The van der Waals surface area contributed by atoms with Crippen molar-refractivity contribution in [2.24, 2.45) is 0 Å². The van der Waals surface area contributed by atoms with Gasteiger partial charge in [-0.1, -0.05) is 71.6 Å². The van der Waals surface area contributed by atoms with Crippen molar-refractivity contribution in [3.8, 4) is 23.0 Å². The van der Waals surface area contributed by atoms with E-state index in [1.807, 2.05) is 6.92 Å². The zero-order valence-electron chi connectivity index (χ0n) is 28.8. The van der Waals surface area contributed by atoms with Gasteiger partial charge in [-0.25, -0.2) is 0 Å². The Bertz CT molecular complexity index is 1110. The van der Waals surface area contributed by atoms with Gasteiger partial charge in [-0.05, 0) is 106 Å². The summed E-state index contributed by atoms with van der Waals surface area (Å²) in [4.78, 5) is 0. The number of ether oxygens (including phenoxy) is 4. The number of methoxy groups -OCH3 is 4. The first kappa shape index (κ1) is 37.1.